The van der Waals surface area contributed by atoms with Crippen molar-refractivity contribution in [2.45, 2.75) is 31.7 Å². The number of nitrogens with one attached hydrogen (secondary N) is 2. The van der Waals surface area contributed by atoms with Crippen molar-refractivity contribution in [2.24, 2.45) is 4.99 Å². The lowest BCUT2D eigenvalue weighted by Crippen LogP contribution is -2.43. The van der Waals surface area contributed by atoms with Crippen LogP contribution in [0.5, 0.6) is 0 Å². The molecule has 1 aliphatic heterocycles. The molecule has 2 atom stereocenters. The second-order valence-corrected chi connectivity index (χ2v) is 8.48. The van der Waals surface area contributed by atoms with Crippen LogP contribution in [0.25, 0.3) is 0 Å². The lowest BCUT2D eigenvalue weighted by molar-refractivity contribution is 0.249. The summed E-state index contributed by atoms with van der Waals surface area (Å²) < 4.78 is 0. The van der Waals surface area contributed by atoms with Crippen LogP contribution in [0.2, 0.25) is 0 Å². The maximum Gasteiger partial charge on any atom is 0.191 e. The van der Waals surface area contributed by atoms with E-state index in [2.05, 4.69) is 62.5 Å². The van der Waals surface area contributed by atoms with Crippen LogP contribution >= 0.6 is 46.7 Å². The number of rotatable bonds is 7. The molecule has 2 N–H and O–H groups in total. The third-order valence-electron chi connectivity index (χ3n) is 4.74. The fraction of sp³-hybridized carbons (Fsp3) is 0.526. The molecule has 0 amide bonds. The van der Waals surface area contributed by atoms with Gasteiger partial charge in [-0.25, -0.2) is 0 Å². The summed E-state index contributed by atoms with van der Waals surface area (Å²) in [6.07, 6.45) is 2.63. The molecule has 1 aliphatic rings. The second kappa shape index (κ2) is 11.3. The van der Waals surface area contributed by atoms with Crippen LogP contribution in [0.3, 0.4) is 0 Å². The van der Waals surface area contributed by atoms with Gasteiger partial charge in [0, 0.05) is 35.8 Å². The minimum Gasteiger partial charge on any atom is -0.356 e. The molecule has 3 rings (SSSR count). The molecule has 0 aromatic carbocycles. The SMILES string of the molecule is CN=C(NCC(C)c1cccs1)NCC(c1cccs1)N1CCCC1.I. The first-order valence-corrected chi connectivity index (χ1v) is 10.8. The Balaban J connectivity index is 0.00000243. The zero-order valence-electron chi connectivity index (χ0n) is 15.5. The van der Waals surface area contributed by atoms with Crippen LogP contribution < -0.4 is 10.6 Å². The van der Waals surface area contributed by atoms with E-state index in [-0.39, 0.29) is 24.0 Å². The number of aliphatic imine (C=N–C) groups is 1. The summed E-state index contributed by atoms with van der Waals surface area (Å²) in [7, 11) is 1.85. The van der Waals surface area contributed by atoms with Crippen LogP contribution in [-0.2, 0) is 0 Å². The predicted molar refractivity (Wildman–Crippen MR) is 125 cm³/mol. The Labute approximate surface area is 182 Å². The van der Waals surface area contributed by atoms with E-state index in [1.54, 1.807) is 0 Å². The smallest absolute Gasteiger partial charge is 0.191 e. The molecule has 4 nitrogen and oxygen atoms in total. The van der Waals surface area contributed by atoms with Crippen LogP contribution in [0.4, 0.5) is 0 Å². The first-order valence-electron chi connectivity index (χ1n) is 9.03. The maximum atomic E-state index is 4.40. The molecule has 26 heavy (non-hydrogen) atoms. The molecule has 2 aromatic heterocycles. The summed E-state index contributed by atoms with van der Waals surface area (Å²) in [5.41, 5.74) is 0. The molecule has 0 radical (unpaired) electrons. The van der Waals surface area contributed by atoms with Crippen molar-refractivity contribution in [3.63, 3.8) is 0 Å². The molecular weight excluding hydrogens is 475 g/mol. The zero-order valence-corrected chi connectivity index (χ0v) is 19.4. The average molecular weight is 505 g/mol. The number of halogens is 1. The van der Waals surface area contributed by atoms with E-state index in [4.69, 9.17) is 0 Å². The second-order valence-electron chi connectivity index (χ2n) is 6.52. The molecule has 7 heteroatoms. The topological polar surface area (TPSA) is 39.7 Å². The highest BCUT2D eigenvalue weighted by Crippen LogP contribution is 2.27. The Hall–Kier alpha value is -0.640. The van der Waals surface area contributed by atoms with Crippen molar-refractivity contribution in [2.75, 3.05) is 33.2 Å². The monoisotopic (exact) mass is 504 g/mol. The van der Waals surface area contributed by atoms with Crippen molar-refractivity contribution in [1.82, 2.24) is 15.5 Å². The van der Waals surface area contributed by atoms with Gasteiger partial charge in [0.25, 0.3) is 0 Å². The molecular formula is C19H29IN4S2. The van der Waals surface area contributed by atoms with E-state index in [0.29, 0.717) is 12.0 Å². The molecule has 0 aliphatic carbocycles. The zero-order chi connectivity index (χ0) is 17.5. The van der Waals surface area contributed by atoms with Gasteiger partial charge < -0.3 is 10.6 Å². The Morgan fingerprint density at radius 1 is 1.08 bits per heavy atom. The Morgan fingerprint density at radius 3 is 2.27 bits per heavy atom. The first kappa shape index (κ1) is 21.7. The third-order valence-corrected chi connectivity index (χ3v) is 6.82. The summed E-state index contributed by atoms with van der Waals surface area (Å²) in [6, 6.07) is 9.16. The van der Waals surface area contributed by atoms with Gasteiger partial charge in [-0.3, -0.25) is 9.89 Å². The molecule has 0 saturated carbocycles. The molecule has 144 valence electrons. The Bertz CT molecular complexity index is 637. The minimum absolute atomic E-state index is 0. The molecule has 2 unspecified atom stereocenters. The first-order chi connectivity index (χ1) is 12.3. The van der Waals surface area contributed by atoms with Crippen molar-refractivity contribution in [3.05, 3.63) is 44.8 Å². The number of hydrogen-bond acceptors (Lipinski definition) is 4. The van der Waals surface area contributed by atoms with Gasteiger partial charge in [0.15, 0.2) is 5.96 Å². The van der Waals surface area contributed by atoms with Crippen molar-refractivity contribution in [3.8, 4) is 0 Å². The predicted octanol–water partition coefficient (Wildman–Crippen LogP) is 4.53. The largest absolute Gasteiger partial charge is 0.356 e. The van der Waals surface area contributed by atoms with Crippen molar-refractivity contribution >= 4 is 52.6 Å². The van der Waals surface area contributed by atoms with E-state index >= 15 is 0 Å². The standard InChI is InChI=1S/C19H28N4S2.HI/c1-15(17-7-5-11-24-17)13-21-19(20-2)22-14-16(18-8-6-12-25-18)23-9-3-4-10-23;/h5-8,11-12,15-16H,3-4,9-10,13-14H2,1-2H3,(H2,20,21,22);1H. The van der Waals surface area contributed by atoms with Crippen molar-refractivity contribution < 1.29 is 0 Å². The highest BCUT2D eigenvalue weighted by Gasteiger charge is 2.24. The summed E-state index contributed by atoms with van der Waals surface area (Å²) in [6.45, 7) is 6.45. The van der Waals surface area contributed by atoms with Gasteiger partial charge in [-0.15, -0.1) is 46.7 Å². The summed E-state index contributed by atoms with van der Waals surface area (Å²) >= 11 is 3.67. The molecule has 0 spiro atoms. The minimum atomic E-state index is 0. The number of guanidine groups is 1. The Kier molecular flexibility index (Phi) is 9.38. The van der Waals surface area contributed by atoms with Gasteiger partial charge in [0.05, 0.1) is 6.04 Å². The van der Waals surface area contributed by atoms with Crippen LogP contribution in [-0.4, -0.2) is 44.1 Å². The number of likely N-dealkylation sites (tertiary alicyclic amines) is 1. The lowest BCUT2D eigenvalue weighted by atomic mass is 10.1. The molecule has 3 heterocycles. The summed E-state index contributed by atoms with van der Waals surface area (Å²) in [4.78, 5) is 9.86. The van der Waals surface area contributed by atoms with Gasteiger partial charge in [-0.05, 0) is 48.8 Å². The molecule has 1 fully saturated rings. The van der Waals surface area contributed by atoms with E-state index in [1.165, 1.54) is 35.7 Å². The van der Waals surface area contributed by atoms with Crippen LogP contribution in [0, 0.1) is 0 Å². The average Bonchev–Trinajstić information content (AvgIpc) is 3.40. The van der Waals surface area contributed by atoms with Crippen molar-refractivity contribution in [1.29, 1.82) is 0 Å². The molecule has 1 saturated heterocycles. The van der Waals surface area contributed by atoms with Gasteiger partial charge in [-0.2, -0.15) is 0 Å². The number of nitrogens with zero attached hydrogens (tertiary/aromatic N) is 2. The van der Waals surface area contributed by atoms with Gasteiger partial charge in [0.1, 0.15) is 0 Å². The Morgan fingerprint density at radius 2 is 1.69 bits per heavy atom. The van der Waals surface area contributed by atoms with Crippen LogP contribution in [0.15, 0.2) is 40.0 Å². The van der Waals surface area contributed by atoms with Gasteiger partial charge in [0.2, 0.25) is 0 Å². The van der Waals surface area contributed by atoms with Gasteiger partial charge in [-0.1, -0.05) is 19.1 Å². The van der Waals surface area contributed by atoms with E-state index in [9.17, 15) is 0 Å². The lowest BCUT2D eigenvalue weighted by Gasteiger charge is -2.27. The van der Waals surface area contributed by atoms with E-state index in [0.717, 1.165) is 19.0 Å². The fourth-order valence-corrected chi connectivity index (χ4v) is 4.93. The van der Waals surface area contributed by atoms with E-state index < -0.39 is 0 Å². The number of hydrogen-bond donors (Lipinski definition) is 2. The molecule has 2 aromatic rings. The normalized spacial score (nSPS) is 17.5. The quantitative estimate of drug-likeness (QED) is 0.331. The summed E-state index contributed by atoms with van der Waals surface area (Å²) in [5.74, 6) is 1.38. The maximum absolute atomic E-state index is 4.40. The molecule has 0 bridgehead atoms. The third kappa shape index (κ3) is 5.94. The fourth-order valence-electron chi connectivity index (χ4n) is 3.28. The highest BCUT2D eigenvalue weighted by molar-refractivity contribution is 14.0. The van der Waals surface area contributed by atoms with Crippen LogP contribution in [0.1, 0.15) is 41.5 Å². The van der Waals surface area contributed by atoms with Gasteiger partial charge >= 0.3 is 0 Å². The van der Waals surface area contributed by atoms with E-state index in [1.807, 2.05) is 29.7 Å². The summed E-state index contributed by atoms with van der Waals surface area (Å²) in [5, 5.41) is 11.3. The number of thiophene rings is 2. The highest BCUT2D eigenvalue weighted by atomic mass is 127.